The third-order valence-corrected chi connectivity index (χ3v) is 8.79. The average molecular weight is 529 g/mol. The summed E-state index contributed by atoms with van der Waals surface area (Å²) >= 11 is 0. The Labute approximate surface area is 223 Å². The molecule has 2 aromatic carbocycles. The number of aliphatic hydroxyl groups excluding tert-OH is 1. The number of ether oxygens (including phenoxy) is 1. The quantitative estimate of drug-likeness (QED) is 0.467. The van der Waals surface area contributed by atoms with E-state index in [9.17, 15) is 23.5 Å². The van der Waals surface area contributed by atoms with Crippen LogP contribution in [0.4, 0.5) is 8.78 Å². The van der Waals surface area contributed by atoms with Gasteiger partial charge in [0.05, 0.1) is 6.10 Å². The van der Waals surface area contributed by atoms with Crippen molar-refractivity contribution in [2.24, 2.45) is 29.1 Å². The van der Waals surface area contributed by atoms with Gasteiger partial charge >= 0.3 is 0 Å². The number of halogens is 2. The van der Waals surface area contributed by atoms with Crippen molar-refractivity contribution in [3.8, 4) is 5.75 Å². The van der Waals surface area contributed by atoms with Gasteiger partial charge in [0.2, 0.25) is 5.91 Å². The van der Waals surface area contributed by atoms with Crippen molar-refractivity contribution in [3.63, 3.8) is 0 Å². The number of carbonyl (C=O) groups excluding carboxylic acids is 2. The molecule has 8 heteroatoms. The van der Waals surface area contributed by atoms with E-state index in [0.717, 1.165) is 25.3 Å². The predicted molar refractivity (Wildman–Crippen MR) is 140 cm³/mol. The smallest absolute Gasteiger partial charge is 0.258 e. The molecule has 1 unspecified atom stereocenters. The summed E-state index contributed by atoms with van der Waals surface area (Å²) in [5.41, 5.74) is 0.266. The monoisotopic (exact) mass is 528 g/mol. The standard InChI is InChI=1S/C30H38F2N2O4/c1-18(29(37)33-16-20-13-21(31)15-22(32)14-20)24-9-11-30(3)12-10-25(19(2)27(30)28(24)36)34-26(35)17-38-23-7-5-4-6-8-23/h4-8,13-15,18-19,24-25,27-28,36H,9-12,16-17H2,1-3H3,(H,33,37)(H,34,35)/t18-,19+,24?,25-,27+,28-,30-/m0/s1. The summed E-state index contributed by atoms with van der Waals surface area (Å²) in [6, 6.07) is 12.3. The third kappa shape index (κ3) is 6.34. The van der Waals surface area contributed by atoms with Crippen molar-refractivity contribution in [2.45, 2.75) is 65.1 Å². The molecule has 2 aliphatic rings. The van der Waals surface area contributed by atoms with Gasteiger partial charge in [-0.2, -0.15) is 0 Å². The molecule has 2 amide bonds. The number of amides is 2. The molecule has 0 heterocycles. The van der Waals surface area contributed by atoms with E-state index in [1.54, 1.807) is 19.1 Å². The fourth-order valence-electron chi connectivity index (χ4n) is 6.67. The van der Waals surface area contributed by atoms with Crippen LogP contribution in [0.25, 0.3) is 0 Å². The number of nitrogens with one attached hydrogen (secondary N) is 2. The molecule has 2 saturated carbocycles. The second-order valence-electron chi connectivity index (χ2n) is 11.3. The first kappa shape index (κ1) is 28.0. The van der Waals surface area contributed by atoms with E-state index in [-0.39, 0.29) is 54.2 Å². The van der Waals surface area contributed by atoms with Gasteiger partial charge < -0.3 is 20.5 Å². The lowest BCUT2D eigenvalue weighted by atomic mass is 9.51. The molecule has 2 aliphatic carbocycles. The maximum absolute atomic E-state index is 13.5. The molecule has 7 atom stereocenters. The lowest BCUT2D eigenvalue weighted by Crippen LogP contribution is -2.58. The Kier molecular flexibility index (Phi) is 8.71. The highest BCUT2D eigenvalue weighted by Crippen LogP contribution is 2.55. The zero-order chi connectivity index (χ0) is 27.4. The molecular formula is C30H38F2N2O4. The molecule has 6 nitrogen and oxygen atoms in total. The fourth-order valence-corrected chi connectivity index (χ4v) is 6.67. The summed E-state index contributed by atoms with van der Waals surface area (Å²) in [5, 5.41) is 17.4. The van der Waals surface area contributed by atoms with E-state index in [1.165, 1.54) is 12.1 Å². The first-order valence-electron chi connectivity index (χ1n) is 13.5. The number of aliphatic hydroxyl groups is 1. The van der Waals surface area contributed by atoms with Crippen LogP contribution in [0, 0.1) is 40.7 Å². The topological polar surface area (TPSA) is 87.7 Å². The van der Waals surface area contributed by atoms with Gasteiger partial charge in [0.15, 0.2) is 6.61 Å². The minimum atomic E-state index is -0.712. The van der Waals surface area contributed by atoms with Crippen molar-refractivity contribution < 1.29 is 28.2 Å². The molecule has 0 bridgehead atoms. The normalized spacial score (nSPS) is 29.6. The molecule has 0 radical (unpaired) electrons. The van der Waals surface area contributed by atoms with E-state index in [1.807, 2.05) is 18.2 Å². The molecule has 206 valence electrons. The van der Waals surface area contributed by atoms with Crippen LogP contribution in [0.15, 0.2) is 48.5 Å². The van der Waals surface area contributed by atoms with Crippen molar-refractivity contribution >= 4 is 11.8 Å². The Morgan fingerprint density at radius 1 is 1.11 bits per heavy atom. The SMILES string of the molecule is C[C@H]1[C@@H]2[C@@H](O)C([C@H](C)C(=O)NCc3cc(F)cc(F)c3)CC[C@@]2(C)CC[C@@H]1NC(=O)COc1ccccc1. The van der Waals surface area contributed by atoms with Crippen LogP contribution in [0.2, 0.25) is 0 Å². The summed E-state index contributed by atoms with van der Waals surface area (Å²) < 4.78 is 32.6. The third-order valence-electron chi connectivity index (χ3n) is 8.79. The van der Waals surface area contributed by atoms with Crippen LogP contribution in [-0.2, 0) is 16.1 Å². The first-order valence-corrected chi connectivity index (χ1v) is 13.5. The molecular weight excluding hydrogens is 490 g/mol. The molecule has 38 heavy (non-hydrogen) atoms. The van der Waals surface area contributed by atoms with E-state index in [0.29, 0.717) is 17.7 Å². The van der Waals surface area contributed by atoms with E-state index in [2.05, 4.69) is 24.5 Å². The van der Waals surface area contributed by atoms with E-state index in [4.69, 9.17) is 4.74 Å². The van der Waals surface area contributed by atoms with Gasteiger partial charge in [-0.1, -0.05) is 39.0 Å². The van der Waals surface area contributed by atoms with Crippen LogP contribution in [0.5, 0.6) is 5.75 Å². The number of para-hydroxylation sites is 1. The van der Waals surface area contributed by atoms with Gasteiger partial charge in [0, 0.05) is 24.6 Å². The minimum Gasteiger partial charge on any atom is -0.484 e. The largest absolute Gasteiger partial charge is 0.484 e. The number of fused-ring (bicyclic) bond motifs is 1. The number of carbonyl (C=O) groups is 2. The van der Waals surface area contributed by atoms with Crippen LogP contribution >= 0.6 is 0 Å². The van der Waals surface area contributed by atoms with Gasteiger partial charge in [0.1, 0.15) is 17.4 Å². The molecule has 0 spiro atoms. The number of benzene rings is 2. The summed E-state index contributed by atoms with van der Waals surface area (Å²) in [5.74, 6) is -2.00. The van der Waals surface area contributed by atoms with Gasteiger partial charge in [0.25, 0.3) is 5.91 Å². The predicted octanol–water partition coefficient (Wildman–Crippen LogP) is 4.60. The highest BCUT2D eigenvalue weighted by molar-refractivity contribution is 5.79. The maximum atomic E-state index is 13.5. The molecule has 0 aliphatic heterocycles. The zero-order valence-electron chi connectivity index (χ0n) is 22.3. The Bertz CT molecular complexity index is 1110. The maximum Gasteiger partial charge on any atom is 0.258 e. The summed E-state index contributed by atoms with van der Waals surface area (Å²) in [6.07, 6.45) is 2.59. The molecule has 2 fully saturated rings. The van der Waals surface area contributed by atoms with Gasteiger partial charge in [-0.05, 0) is 78.7 Å². The Hall–Kier alpha value is -3.00. The minimum absolute atomic E-state index is 0.0113. The summed E-state index contributed by atoms with van der Waals surface area (Å²) in [6.45, 7) is 6.00. The highest BCUT2D eigenvalue weighted by atomic mass is 19.1. The average Bonchev–Trinajstić information content (AvgIpc) is 2.87. The van der Waals surface area contributed by atoms with E-state index < -0.39 is 23.7 Å². The summed E-state index contributed by atoms with van der Waals surface area (Å²) in [4.78, 5) is 25.6. The van der Waals surface area contributed by atoms with Crippen LogP contribution in [-0.4, -0.2) is 35.7 Å². The van der Waals surface area contributed by atoms with Gasteiger partial charge in [-0.15, -0.1) is 0 Å². The molecule has 2 aromatic rings. The zero-order valence-corrected chi connectivity index (χ0v) is 22.3. The van der Waals surface area contributed by atoms with Crippen LogP contribution < -0.4 is 15.4 Å². The Balaban J connectivity index is 1.36. The molecule has 4 rings (SSSR count). The van der Waals surface area contributed by atoms with Crippen LogP contribution in [0.1, 0.15) is 52.0 Å². The molecule has 0 saturated heterocycles. The van der Waals surface area contributed by atoms with Crippen molar-refractivity contribution in [2.75, 3.05) is 6.61 Å². The lowest BCUT2D eigenvalue weighted by Gasteiger charge is -2.56. The van der Waals surface area contributed by atoms with Crippen LogP contribution in [0.3, 0.4) is 0 Å². The highest BCUT2D eigenvalue weighted by Gasteiger charge is 2.53. The van der Waals surface area contributed by atoms with Crippen molar-refractivity contribution in [1.82, 2.24) is 10.6 Å². The van der Waals surface area contributed by atoms with Gasteiger partial charge in [-0.25, -0.2) is 8.78 Å². The fraction of sp³-hybridized carbons (Fsp3) is 0.533. The summed E-state index contributed by atoms with van der Waals surface area (Å²) in [7, 11) is 0. The Morgan fingerprint density at radius 3 is 2.45 bits per heavy atom. The molecule has 0 aromatic heterocycles. The number of hydrogen-bond acceptors (Lipinski definition) is 4. The molecule has 3 N–H and O–H groups in total. The second-order valence-corrected chi connectivity index (χ2v) is 11.3. The first-order chi connectivity index (χ1) is 18.1. The number of hydrogen-bond donors (Lipinski definition) is 3. The Morgan fingerprint density at radius 2 is 1.76 bits per heavy atom. The van der Waals surface area contributed by atoms with Crippen molar-refractivity contribution in [1.29, 1.82) is 0 Å². The van der Waals surface area contributed by atoms with Crippen molar-refractivity contribution in [3.05, 3.63) is 65.7 Å². The lowest BCUT2D eigenvalue weighted by molar-refractivity contribution is -0.144. The van der Waals surface area contributed by atoms with E-state index >= 15 is 0 Å². The number of rotatable bonds is 8. The van der Waals surface area contributed by atoms with Gasteiger partial charge in [-0.3, -0.25) is 9.59 Å². The second kappa shape index (κ2) is 11.8.